The molecule has 82 valence electrons. The van der Waals surface area contributed by atoms with Gasteiger partial charge in [-0.05, 0) is 19.1 Å². The molecule has 0 amide bonds. The zero-order valence-corrected chi connectivity index (χ0v) is 8.66. The van der Waals surface area contributed by atoms with E-state index in [2.05, 4.69) is 15.3 Å². The predicted octanol–water partition coefficient (Wildman–Crippen LogP) is 0.728. The third kappa shape index (κ3) is 2.22. The van der Waals surface area contributed by atoms with Gasteiger partial charge in [-0.25, -0.2) is 9.48 Å². The van der Waals surface area contributed by atoms with Gasteiger partial charge in [0, 0.05) is 5.69 Å². The van der Waals surface area contributed by atoms with E-state index < -0.39 is 5.97 Å². The Balaban J connectivity index is 2.17. The van der Waals surface area contributed by atoms with Crippen molar-refractivity contribution in [3.63, 3.8) is 0 Å². The molecule has 16 heavy (non-hydrogen) atoms. The molecule has 0 atom stereocenters. The van der Waals surface area contributed by atoms with Gasteiger partial charge < -0.3 is 5.11 Å². The molecule has 0 saturated carbocycles. The summed E-state index contributed by atoms with van der Waals surface area (Å²) in [5.74, 6) is -1.08. The van der Waals surface area contributed by atoms with Crippen LogP contribution in [0.4, 0.5) is 0 Å². The van der Waals surface area contributed by atoms with Crippen molar-refractivity contribution in [2.24, 2.45) is 0 Å². The number of rotatable bonds is 3. The van der Waals surface area contributed by atoms with E-state index in [-0.39, 0.29) is 5.69 Å². The van der Waals surface area contributed by atoms with E-state index in [1.54, 1.807) is 0 Å². The van der Waals surface area contributed by atoms with Crippen LogP contribution in [-0.4, -0.2) is 31.1 Å². The molecule has 0 aliphatic carbocycles. The Morgan fingerprint density at radius 2 is 2.31 bits per heavy atom. The van der Waals surface area contributed by atoms with Gasteiger partial charge in [-0.3, -0.25) is 4.98 Å². The van der Waals surface area contributed by atoms with Gasteiger partial charge in [0.15, 0.2) is 5.69 Å². The summed E-state index contributed by atoms with van der Waals surface area (Å²) < 4.78 is 1.45. The van der Waals surface area contributed by atoms with Crippen LogP contribution >= 0.6 is 0 Å². The van der Waals surface area contributed by atoms with E-state index in [0.717, 1.165) is 11.4 Å². The first-order valence-electron chi connectivity index (χ1n) is 4.71. The molecule has 0 spiro atoms. The summed E-state index contributed by atoms with van der Waals surface area (Å²) >= 11 is 0. The molecule has 0 aliphatic heterocycles. The van der Waals surface area contributed by atoms with Crippen molar-refractivity contribution in [2.75, 3.05) is 0 Å². The number of hydrogen-bond donors (Lipinski definition) is 1. The van der Waals surface area contributed by atoms with Gasteiger partial charge in [0.25, 0.3) is 0 Å². The molecule has 0 aromatic carbocycles. The second kappa shape index (κ2) is 4.09. The van der Waals surface area contributed by atoms with Gasteiger partial charge in [0.2, 0.25) is 0 Å². The highest BCUT2D eigenvalue weighted by Crippen LogP contribution is 2.01. The van der Waals surface area contributed by atoms with Crippen molar-refractivity contribution in [3.8, 4) is 0 Å². The number of carbonyl (C=O) groups is 1. The maximum absolute atomic E-state index is 10.6. The molecule has 6 nitrogen and oxygen atoms in total. The highest BCUT2D eigenvalue weighted by molar-refractivity contribution is 5.84. The molecule has 0 unspecified atom stereocenters. The van der Waals surface area contributed by atoms with Crippen LogP contribution in [0.15, 0.2) is 24.4 Å². The number of aryl methyl sites for hydroxylation is 1. The molecule has 0 saturated heterocycles. The molecule has 6 heteroatoms. The summed E-state index contributed by atoms with van der Waals surface area (Å²) in [6.45, 7) is 2.31. The third-order valence-electron chi connectivity index (χ3n) is 2.03. The van der Waals surface area contributed by atoms with Crippen LogP contribution in [0, 0.1) is 6.92 Å². The Labute approximate surface area is 91.6 Å². The van der Waals surface area contributed by atoms with Crippen molar-refractivity contribution in [1.29, 1.82) is 0 Å². The number of nitrogens with zero attached hydrogens (tertiary/aromatic N) is 4. The number of aromatic carboxylic acids is 1. The lowest BCUT2D eigenvalue weighted by Gasteiger charge is -2.00. The van der Waals surface area contributed by atoms with Crippen molar-refractivity contribution in [2.45, 2.75) is 13.5 Å². The Morgan fingerprint density at radius 3 is 2.94 bits per heavy atom. The van der Waals surface area contributed by atoms with Crippen LogP contribution in [0.25, 0.3) is 0 Å². The highest BCUT2D eigenvalue weighted by atomic mass is 16.4. The van der Waals surface area contributed by atoms with Crippen molar-refractivity contribution in [3.05, 3.63) is 41.5 Å². The maximum atomic E-state index is 10.6. The maximum Gasteiger partial charge on any atom is 0.358 e. The van der Waals surface area contributed by atoms with Crippen LogP contribution in [0.5, 0.6) is 0 Å². The van der Waals surface area contributed by atoms with Gasteiger partial charge in [-0.1, -0.05) is 11.3 Å². The molecule has 2 aromatic heterocycles. The Morgan fingerprint density at radius 1 is 1.50 bits per heavy atom. The minimum atomic E-state index is -1.08. The molecular formula is C10H10N4O2. The lowest BCUT2D eigenvalue weighted by atomic mass is 10.3. The number of pyridine rings is 1. The van der Waals surface area contributed by atoms with Crippen LogP contribution in [0.2, 0.25) is 0 Å². The molecular weight excluding hydrogens is 208 g/mol. The normalized spacial score (nSPS) is 10.3. The first kappa shape index (κ1) is 10.3. The fraction of sp³-hybridized carbons (Fsp3) is 0.200. The quantitative estimate of drug-likeness (QED) is 0.821. The molecule has 2 heterocycles. The molecule has 0 aliphatic rings. The van der Waals surface area contributed by atoms with Crippen LogP contribution in [0.1, 0.15) is 21.9 Å². The van der Waals surface area contributed by atoms with E-state index >= 15 is 0 Å². The summed E-state index contributed by atoms with van der Waals surface area (Å²) in [6, 6.07) is 5.65. The first-order valence-corrected chi connectivity index (χ1v) is 4.71. The summed E-state index contributed by atoms with van der Waals surface area (Å²) in [5.41, 5.74) is 1.67. The summed E-state index contributed by atoms with van der Waals surface area (Å²) in [5, 5.41) is 15.9. The summed E-state index contributed by atoms with van der Waals surface area (Å²) in [6.07, 6.45) is 1.38. The lowest BCUT2D eigenvalue weighted by molar-refractivity contribution is 0.0690. The standard InChI is InChI=1S/C10H10N4O2/c1-7-3-2-4-8(11-7)5-14-6-9(10(15)16)12-13-14/h2-4,6H,5H2,1H3,(H,15,16). The molecule has 2 aromatic rings. The minimum Gasteiger partial charge on any atom is -0.476 e. The lowest BCUT2D eigenvalue weighted by Crippen LogP contribution is -2.03. The van der Waals surface area contributed by atoms with E-state index in [1.165, 1.54) is 10.9 Å². The minimum absolute atomic E-state index is 0.0624. The molecule has 0 bridgehead atoms. The third-order valence-corrected chi connectivity index (χ3v) is 2.03. The van der Waals surface area contributed by atoms with Gasteiger partial charge >= 0.3 is 5.97 Å². The van der Waals surface area contributed by atoms with Crippen molar-refractivity contribution < 1.29 is 9.90 Å². The topological polar surface area (TPSA) is 80.9 Å². The van der Waals surface area contributed by atoms with E-state index in [4.69, 9.17) is 5.11 Å². The van der Waals surface area contributed by atoms with E-state index in [9.17, 15) is 4.79 Å². The van der Waals surface area contributed by atoms with Gasteiger partial charge in [0.1, 0.15) is 0 Å². The van der Waals surface area contributed by atoms with Crippen LogP contribution < -0.4 is 0 Å². The van der Waals surface area contributed by atoms with Crippen molar-refractivity contribution >= 4 is 5.97 Å². The SMILES string of the molecule is Cc1cccc(Cn2cc(C(=O)O)nn2)n1. The fourth-order valence-corrected chi connectivity index (χ4v) is 1.33. The first-order chi connectivity index (χ1) is 7.65. The zero-order valence-electron chi connectivity index (χ0n) is 8.66. The van der Waals surface area contributed by atoms with Crippen LogP contribution in [-0.2, 0) is 6.54 Å². The second-order valence-corrected chi connectivity index (χ2v) is 3.38. The highest BCUT2D eigenvalue weighted by Gasteiger charge is 2.08. The molecule has 2 rings (SSSR count). The Bertz CT molecular complexity index is 521. The van der Waals surface area contributed by atoms with Crippen molar-refractivity contribution in [1.82, 2.24) is 20.0 Å². The number of carboxylic acid groups (broad SMARTS) is 1. The monoisotopic (exact) mass is 218 g/mol. The fourth-order valence-electron chi connectivity index (χ4n) is 1.33. The number of aromatic nitrogens is 4. The summed E-state index contributed by atoms with van der Waals surface area (Å²) in [7, 11) is 0. The Kier molecular flexibility index (Phi) is 2.63. The van der Waals surface area contributed by atoms with Crippen LogP contribution in [0.3, 0.4) is 0 Å². The predicted molar refractivity (Wildman–Crippen MR) is 55.1 cm³/mol. The van der Waals surface area contributed by atoms with Gasteiger partial charge in [0.05, 0.1) is 18.4 Å². The average Bonchev–Trinajstić information content (AvgIpc) is 2.66. The zero-order chi connectivity index (χ0) is 11.5. The number of hydrogen-bond acceptors (Lipinski definition) is 4. The summed E-state index contributed by atoms with van der Waals surface area (Å²) in [4.78, 5) is 14.9. The average molecular weight is 218 g/mol. The molecule has 0 fully saturated rings. The van der Waals surface area contributed by atoms with E-state index in [0.29, 0.717) is 6.54 Å². The molecule has 0 radical (unpaired) electrons. The van der Waals surface area contributed by atoms with Gasteiger partial charge in [-0.15, -0.1) is 5.10 Å². The second-order valence-electron chi connectivity index (χ2n) is 3.38. The van der Waals surface area contributed by atoms with Gasteiger partial charge in [-0.2, -0.15) is 0 Å². The number of carboxylic acids is 1. The largest absolute Gasteiger partial charge is 0.476 e. The Hall–Kier alpha value is -2.24. The van der Waals surface area contributed by atoms with E-state index in [1.807, 2.05) is 25.1 Å². The smallest absolute Gasteiger partial charge is 0.358 e. The molecule has 1 N–H and O–H groups in total.